The highest BCUT2D eigenvalue weighted by Crippen LogP contribution is 2.50. The molecule has 0 saturated heterocycles. The van der Waals surface area contributed by atoms with E-state index < -0.39 is 35.2 Å². The van der Waals surface area contributed by atoms with Crippen molar-refractivity contribution in [2.75, 3.05) is 5.32 Å². The highest BCUT2D eigenvalue weighted by atomic mass is 19.1. The lowest BCUT2D eigenvalue weighted by Gasteiger charge is -2.14. The van der Waals surface area contributed by atoms with Crippen molar-refractivity contribution in [2.45, 2.75) is 31.3 Å². The Morgan fingerprint density at radius 2 is 1.84 bits per heavy atom. The van der Waals surface area contributed by atoms with Gasteiger partial charge in [0.2, 0.25) is 0 Å². The molecule has 1 atom stereocenters. The molecule has 8 nitrogen and oxygen atoms in total. The van der Waals surface area contributed by atoms with Crippen LogP contribution in [0.4, 0.5) is 19.4 Å². The van der Waals surface area contributed by atoms with Gasteiger partial charge >= 0.3 is 12.1 Å². The molecule has 2 heterocycles. The van der Waals surface area contributed by atoms with Crippen molar-refractivity contribution in [3.05, 3.63) is 95.8 Å². The Morgan fingerprint density at radius 1 is 1.08 bits per heavy atom. The average molecular weight is 504 g/mol. The van der Waals surface area contributed by atoms with Crippen LogP contribution in [-0.2, 0) is 14.9 Å². The Hall–Kier alpha value is -4.60. The van der Waals surface area contributed by atoms with Crippen LogP contribution in [0.3, 0.4) is 0 Å². The van der Waals surface area contributed by atoms with Crippen LogP contribution in [0.25, 0.3) is 16.9 Å². The molecule has 10 heteroatoms. The lowest BCUT2D eigenvalue weighted by Crippen LogP contribution is -2.21. The predicted octanol–water partition coefficient (Wildman–Crippen LogP) is 5.64. The fourth-order valence-corrected chi connectivity index (χ4v) is 4.15. The van der Waals surface area contributed by atoms with Gasteiger partial charge in [-0.3, -0.25) is 15.1 Å². The zero-order valence-corrected chi connectivity index (χ0v) is 19.7. The minimum Gasteiger partial charge on any atom is -0.481 e. The van der Waals surface area contributed by atoms with Crippen LogP contribution in [0.1, 0.15) is 37.0 Å². The first-order chi connectivity index (χ1) is 17.8. The third kappa shape index (κ3) is 4.65. The first-order valence-electron chi connectivity index (χ1n) is 11.6. The average Bonchev–Trinajstić information content (AvgIpc) is 3.63. The quantitative estimate of drug-likeness (QED) is 0.338. The van der Waals surface area contributed by atoms with Crippen molar-refractivity contribution in [3.8, 4) is 16.9 Å². The van der Waals surface area contributed by atoms with E-state index in [1.54, 1.807) is 19.1 Å². The van der Waals surface area contributed by atoms with Crippen LogP contribution in [0, 0.1) is 11.6 Å². The van der Waals surface area contributed by atoms with E-state index in [2.05, 4.69) is 15.4 Å². The van der Waals surface area contributed by atoms with Crippen molar-refractivity contribution >= 4 is 17.9 Å². The minimum absolute atomic E-state index is 0.140. The summed E-state index contributed by atoms with van der Waals surface area (Å²) in [5, 5.41) is 15.9. The smallest absolute Gasteiger partial charge is 0.413 e. The van der Waals surface area contributed by atoms with Gasteiger partial charge in [0.05, 0.1) is 29.2 Å². The summed E-state index contributed by atoms with van der Waals surface area (Å²) in [5.41, 5.74) is 0.557. The SMILES string of the molecule is CC(OC(=O)Nc1nn(-c2ccc(-c3cccc(C4(C(=O)O)CC4)c3F)nc2)cc1F)c1ccccc1. The number of carboxylic acid groups (broad SMARTS) is 1. The number of ether oxygens (including phenoxy) is 1. The number of carboxylic acids is 1. The summed E-state index contributed by atoms with van der Waals surface area (Å²) < 4.78 is 36.2. The molecule has 37 heavy (non-hydrogen) atoms. The van der Waals surface area contributed by atoms with Crippen molar-refractivity contribution in [1.82, 2.24) is 14.8 Å². The van der Waals surface area contributed by atoms with Crippen LogP contribution in [0.15, 0.2) is 73.1 Å². The number of anilines is 1. The summed E-state index contributed by atoms with van der Waals surface area (Å²) in [6.07, 6.45) is 1.80. The van der Waals surface area contributed by atoms with Gasteiger partial charge in [-0.15, -0.1) is 5.10 Å². The molecule has 5 rings (SSSR count). The number of halogens is 2. The van der Waals surface area contributed by atoms with E-state index >= 15 is 4.39 Å². The number of benzene rings is 2. The monoisotopic (exact) mass is 504 g/mol. The van der Waals surface area contributed by atoms with E-state index in [-0.39, 0.29) is 22.6 Å². The maximum absolute atomic E-state index is 15.2. The molecule has 0 spiro atoms. The number of aromatic nitrogens is 3. The molecule has 1 fully saturated rings. The van der Waals surface area contributed by atoms with Gasteiger partial charge in [0.15, 0.2) is 11.6 Å². The highest BCUT2D eigenvalue weighted by Gasteiger charge is 2.53. The first kappa shape index (κ1) is 24.1. The zero-order chi connectivity index (χ0) is 26.2. The van der Waals surface area contributed by atoms with E-state index in [9.17, 15) is 19.1 Å². The number of hydrogen-bond acceptors (Lipinski definition) is 5. The Balaban J connectivity index is 1.31. The molecular weight excluding hydrogens is 482 g/mol. The fraction of sp³-hybridized carbons (Fsp3) is 0.185. The molecule has 4 aromatic rings. The molecule has 2 N–H and O–H groups in total. The Kier molecular flexibility index (Phi) is 6.16. The van der Waals surface area contributed by atoms with Crippen LogP contribution >= 0.6 is 0 Å². The molecule has 0 bridgehead atoms. The molecule has 1 aliphatic carbocycles. The number of nitrogens with zero attached hydrogens (tertiary/aromatic N) is 3. The van der Waals surface area contributed by atoms with Crippen molar-refractivity contribution in [1.29, 1.82) is 0 Å². The molecule has 2 aromatic heterocycles. The third-order valence-corrected chi connectivity index (χ3v) is 6.40. The molecule has 1 aliphatic rings. The maximum atomic E-state index is 15.2. The summed E-state index contributed by atoms with van der Waals surface area (Å²) >= 11 is 0. The Labute approximate surface area is 210 Å². The molecular formula is C27H22F2N4O4. The van der Waals surface area contributed by atoms with Gasteiger partial charge in [0.25, 0.3) is 0 Å². The van der Waals surface area contributed by atoms with E-state index in [1.807, 2.05) is 30.3 Å². The van der Waals surface area contributed by atoms with E-state index in [0.717, 1.165) is 11.8 Å². The molecule has 2 aromatic carbocycles. The van der Waals surface area contributed by atoms with E-state index in [0.29, 0.717) is 18.5 Å². The summed E-state index contributed by atoms with van der Waals surface area (Å²) in [6, 6.07) is 16.8. The zero-order valence-electron chi connectivity index (χ0n) is 19.7. The van der Waals surface area contributed by atoms with Crippen LogP contribution in [0.5, 0.6) is 0 Å². The number of rotatable bonds is 7. The van der Waals surface area contributed by atoms with E-state index in [1.165, 1.54) is 29.1 Å². The number of amides is 1. The molecule has 1 amide bonds. The minimum atomic E-state index is -1.18. The van der Waals surface area contributed by atoms with Gasteiger partial charge in [-0.05, 0) is 43.5 Å². The molecule has 1 saturated carbocycles. The first-order valence-corrected chi connectivity index (χ1v) is 11.6. The van der Waals surface area contributed by atoms with Crippen LogP contribution < -0.4 is 5.32 Å². The Bertz CT molecular complexity index is 1470. The number of carbonyl (C=O) groups is 2. The van der Waals surface area contributed by atoms with Crippen LogP contribution in [0.2, 0.25) is 0 Å². The number of pyridine rings is 1. The standard InChI is InChI=1S/C27H22F2N4O4/c1-16(17-6-3-2-4-7-17)37-26(36)31-24-21(28)15-33(32-24)18-10-11-22(30-14-18)19-8-5-9-20(23(19)29)27(12-13-27)25(34)35/h2-11,14-16H,12-13H2,1H3,(H,34,35)(H,31,32,36). The number of nitrogens with one attached hydrogen (secondary N) is 1. The molecule has 0 radical (unpaired) electrons. The second-order valence-corrected chi connectivity index (χ2v) is 8.81. The van der Waals surface area contributed by atoms with Gasteiger partial charge in [0.1, 0.15) is 11.9 Å². The summed E-state index contributed by atoms with van der Waals surface area (Å²) in [4.78, 5) is 28.1. The lowest BCUT2D eigenvalue weighted by atomic mass is 9.93. The van der Waals surface area contributed by atoms with Gasteiger partial charge in [-0.2, -0.15) is 0 Å². The summed E-state index contributed by atoms with van der Waals surface area (Å²) in [5.74, 6) is -2.77. The van der Waals surface area contributed by atoms with Gasteiger partial charge in [-0.25, -0.2) is 18.3 Å². The van der Waals surface area contributed by atoms with Gasteiger partial charge in [-0.1, -0.05) is 42.5 Å². The van der Waals surface area contributed by atoms with Crippen molar-refractivity contribution in [2.24, 2.45) is 0 Å². The van der Waals surface area contributed by atoms with Crippen molar-refractivity contribution in [3.63, 3.8) is 0 Å². The highest BCUT2D eigenvalue weighted by molar-refractivity contribution is 5.86. The summed E-state index contributed by atoms with van der Waals surface area (Å²) in [6.45, 7) is 1.70. The molecule has 188 valence electrons. The van der Waals surface area contributed by atoms with Crippen molar-refractivity contribution < 1.29 is 28.2 Å². The largest absolute Gasteiger partial charge is 0.481 e. The maximum Gasteiger partial charge on any atom is 0.413 e. The summed E-state index contributed by atoms with van der Waals surface area (Å²) in [7, 11) is 0. The number of hydrogen-bond donors (Lipinski definition) is 2. The molecule has 0 aliphatic heterocycles. The fourth-order valence-electron chi connectivity index (χ4n) is 4.15. The molecule has 1 unspecified atom stereocenters. The number of aliphatic carboxylic acids is 1. The second kappa shape index (κ2) is 9.45. The third-order valence-electron chi connectivity index (χ3n) is 6.40. The normalized spacial score (nSPS) is 14.6. The Morgan fingerprint density at radius 3 is 2.49 bits per heavy atom. The topological polar surface area (TPSA) is 106 Å². The number of carbonyl (C=O) groups excluding carboxylic acids is 1. The van der Waals surface area contributed by atoms with Crippen LogP contribution in [-0.4, -0.2) is 31.9 Å². The predicted molar refractivity (Wildman–Crippen MR) is 130 cm³/mol. The van der Waals surface area contributed by atoms with Gasteiger partial charge < -0.3 is 9.84 Å². The lowest BCUT2D eigenvalue weighted by molar-refractivity contribution is -0.140. The second-order valence-electron chi connectivity index (χ2n) is 8.81. The van der Waals surface area contributed by atoms with Gasteiger partial charge in [0, 0.05) is 11.1 Å². The van der Waals surface area contributed by atoms with E-state index in [4.69, 9.17) is 4.74 Å².